The van der Waals surface area contributed by atoms with Gasteiger partial charge in [-0.1, -0.05) is 24.3 Å². The SMILES string of the molecule is O=C(Cc1ccc(F)cc1)Nc1ccc(COC(=O)N[C@@H](COCC(O)C(F)(F)F)C(=O)O)cc1. The first kappa shape index (κ1) is 27.5. The number of ether oxygens (including phenoxy) is 2. The Hall–Kier alpha value is -3.71. The average molecular weight is 502 g/mol. The van der Waals surface area contributed by atoms with Gasteiger partial charge in [0.15, 0.2) is 12.1 Å². The number of aliphatic carboxylic acids is 1. The number of alkyl carbamates (subject to hydrolysis) is 1. The summed E-state index contributed by atoms with van der Waals surface area (Å²) < 4.78 is 59.0. The summed E-state index contributed by atoms with van der Waals surface area (Å²) in [5.74, 6) is -2.32. The number of alkyl halides is 3. The summed E-state index contributed by atoms with van der Waals surface area (Å²) in [6, 6.07) is 9.93. The van der Waals surface area contributed by atoms with Crippen molar-refractivity contribution in [2.45, 2.75) is 31.3 Å². The highest BCUT2D eigenvalue weighted by Crippen LogP contribution is 2.20. The van der Waals surface area contributed by atoms with Crippen LogP contribution in [0.3, 0.4) is 0 Å². The Kier molecular flexibility index (Phi) is 9.97. The summed E-state index contributed by atoms with van der Waals surface area (Å²) >= 11 is 0. The van der Waals surface area contributed by atoms with Crippen LogP contribution >= 0.6 is 0 Å². The largest absolute Gasteiger partial charge is 0.480 e. The number of carboxylic acids is 1. The highest BCUT2D eigenvalue weighted by atomic mass is 19.4. The van der Waals surface area contributed by atoms with E-state index in [1.807, 2.05) is 5.32 Å². The van der Waals surface area contributed by atoms with E-state index in [1.165, 1.54) is 36.4 Å². The normalized spacial score (nSPS) is 12.9. The maximum absolute atomic E-state index is 12.9. The fourth-order valence-corrected chi connectivity index (χ4v) is 2.58. The first-order valence-corrected chi connectivity index (χ1v) is 10.1. The summed E-state index contributed by atoms with van der Waals surface area (Å²) in [7, 11) is 0. The van der Waals surface area contributed by atoms with E-state index >= 15 is 0 Å². The lowest BCUT2D eigenvalue weighted by Crippen LogP contribution is -2.45. The molecule has 13 heteroatoms. The second-order valence-corrected chi connectivity index (χ2v) is 7.25. The molecule has 0 aliphatic rings. The van der Waals surface area contributed by atoms with Crippen molar-refractivity contribution in [1.29, 1.82) is 0 Å². The Morgan fingerprint density at radius 3 is 2.11 bits per heavy atom. The number of hydrogen-bond acceptors (Lipinski definition) is 6. The molecule has 0 spiro atoms. The minimum atomic E-state index is -4.92. The van der Waals surface area contributed by atoms with Gasteiger partial charge in [-0.3, -0.25) is 4.79 Å². The van der Waals surface area contributed by atoms with E-state index in [2.05, 4.69) is 10.1 Å². The van der Waals surface area contributed by atoms with Gasteiger partial charge in [0.2, 0.25) is 5.91 Å². The lowest BCUT2D eigenvalue weighted by atomic mass is 10.1. The first-order valence-electron chi connectivity index (χ1n) is 10.1. The number of carboxylic acid groups (broad SMARTS) is 1. The van der Waals surface area contributed by atoms with Gasteiger partial charge in [-0.25, -0.2) is 14.0 Å². The molecule has 9 nitrogen and oxygen atoms in total. The van der Waals surface area contributed by atoms with Crippen molar-refractivity contribution < 1.29 is 51.6 Å². The van der Waals surface area contributed by atoms with E-state index in [-0.39, 0.29) is 18.9 Å². The fourth-order valence-electron chi connectivity index (χ4n) is 2.58. The van der Waals surface area contributed by atoms with E-state index in [9.17, 15) is 31.9 Å². The molecule has 0 heterocycles. The van der Waals surface area contributed by atoms with Gasteiger partial charge < -0.3 is 30.3 Å². The first-order chi connectivity index (χ1) is 16.4. The summed E-state index contributed by atoms with van der Waals surface area (Å²) in [4.78, 5) is 35.1. The van der Waals surface area contributed by atoms with Gasteiger partial charge in [-0.2, -0.15) is 13.2 Å². The molecule has 2 aromatic rings. The molecule has 0 saturated heterocycles. The lowest BCUT2D eigenvalue weighted by Gasteiger charge is -2.18. The quantitative estimate of drug-likeness (QED) is 0.347. The zero-order valence-electron chi connectivity index (χ0n) is 18.0. The third kappa shape index (κ3) is 9.98. The number of carbonyl (C=O) groups is 3. The zero-order chi connectivity index (χ0) is 26.0. The van der Waals surface area contributed by atoms with Gasteiger partial charge in [0.05, 0.1) is 19.6 Å². The third-order valence-electron chi connectivity index (χ3n) is 4.41. The van der Waals surface area contributed by atoms with Gasteiger partial charge in [0.25, 0.3) is 0 Å². The molecule has 1 unspecified atom stereocenters. The van der Waals surface area contributed by atoms with Crippen LogP contribution in [0.1, 0.15) is 11.1 Å². The van der Waals surface area contributed by atoms with Crippen LogP contribution < -0.4 is 10.6 Å². The van der Waals surface area contributed by atoms with Crippen LogP contribution in [0.15, 0.2) is 48.5 Å². The van der Waals surface area contributed by atoms with Crippen LogP contribution in [-0.4, -0.2) is 59.7 Å². The van der Waals surface area contributed by atoms with Crippen LogP contribution in [0.5, 0.6) is 0 Å². The van der Waals surface area contributed by atoms with E-state index in [0.717, 1.165) is 0 Å². The number of nitrogens with one attached hydrogen (secondary N) is 2. The molecule has 2 amide bonds. The molecule has 0 radical (unpaired) electrons. The Labute approximate surface area is 196 Å². The van der Waals surface area contributed by atoms with Crippen LogP contribution in [0.4, 0.5) is 28.0 Å². The minimum Gasteiger partial charge on any atom is -0.480 e. The van der Waals surface area contributed by atoms with Gasteiger partial charge >= 0.3 is 18.2 Å². The summed E-state index contributed by atoms with van der Waals surface area (Å²) in [6.45, 7) is -2.30. The molecule has 0 aromatic heterocycles. The molecule has 35 heavy (non-hydrogen) atoms. The molecular weight excluding hydrogens is 480 g/mol. The number of amides is 2. The van der Waals surface area contributed by atoms with Gasteiger partial charge in [-0.05, 0) is 35.4 Å². The molecular formula is C22H22F4N2O7. The van der Waals surface area contributed by atoms with Crippen molar-refractivity contribution in [2.75, 3.05) is 18.5 Å². The number of aliphatic hydroxyl groups is 1. The van der Waals surface area contributed by atoms with Crippen molar-refractivity contribution in [2.24, 2.45) is 0 Å². The Balaban J connectivity index is 1.77. The lowest BCUT2D eigenvalue weighted by molar-refractivity contribution is -0.217. The van der Waals surface area contributed by atoms with E-state index in [4.69, 9.17) is 14.9 Å². The van der Waals surface area contributed by atoms with Crippen molar-refractivity contribution in [3.63, 3.8) is 0 Å². The third-order valence-corrected chi connectivity index (χ3v) is 4.41. The molecule has 190 valence electrons. The molecule has 4 N–H and O–H groups in total. The van der Waals surface area contributed by atoms with Crippen LogP contribution in [0.25, 0.3) is 0 Å². The standard InChI is InChI=1S/C22H22F4N2O7/c23-15-5-1-13(2-6-15)9-19(30)27-16-7-3-14(4-8-16)10-35-21(33)28-17(20(31)32)11-34-12-18(29)22(24,25)26/h1-8,17-18,29H,9-12H2,(H,27,30)(H,28,33)(H,31,32)/t17-,18?/m0/s1. The number of hydrogen-bond donors (Lipinski definition) is 4. The molecule has 2 atom stereocenters. The van der Waals surface area contributed by atoms with Crippen molar-refractivity contribution in [1.82, 2.24) is 5.32 Å². The minimum absolute atomic E-state index is 0.0366. The fraction of sp³-hybridized carbons (Fsp3) is 0.318. The number of carbonyl (C=O) groups excluding carboxylic acids is 2. The molecule has 0 bridgehead atoms. The highest BCUT2D eigenvalue weighted by Gasteiger charge is 2.38. The Morgan fingerprint density at radius 2 is 1.54 bits per heavy atom. The number of aliphatic hydroxyl groups excluding tert-OH is 1. The summed E-state index contributed by atoms with van der Waals surface area (Å²) in [6.07, 6.45) is -8.84. The second-order valence-electron chi connectivity index (χ2n) is 7.25. The van der Waals surface area contributed by atoms with Crippen LogP contribution in [-0.2, 0) is 32.1 Å². The predicted molar refractivity (Wildman–Crippen MR) is 113 cm³/mol. The topological polar surface area (TPSA) is 134 Å². The molecule has 2 rings (SSSR count). The number of benzene rings is 2. The second kappa shape index (κ2) is 12.7. The maximum atomic E-state index is 12.9. The number of halogens is 4. The van der Waals surface area contributed by atoms with Crippen molar-refractivity contribution >= 4 is 23.7 Å². The Bertz CT molecular complexity index is 998. The molecule has 0 saturated carbocycles. The molecule has 0 aliphatic carbocycles. The van der Waals surface area contributed by atoms with Crippen molar-refractivity contribution in [3.8, 4) is 0 Å². The van der Waals surface area contributed by atoms with Crippen molar-refractivity contribution in [3.05, 3.63) is 65.5 Å². The number of rotatable bonds is 11. The van der Waals surface area contributed by atoms with Crippen LogP contribution in [0.2, 0.25) is 0 Å². The average Bonchev–Trinajstić information content (AvgIpc) is 2.78. The Morgan fingerprint density at radius 1 is 0.943 bits per heavy atom. The summed E-state index contributed by atoms with van der Waals surface area (Å²) in [5, 5.41) is 22.5. The van der Waals surface area contributed by atoms with Gasteiger partial charge in [0.1, 0.15) is 12.4 Å². The van der Waals surface area contributed by atoms with Gasteiger partial charge in [0, 0.05) is 5.69 Å². The van der Waals surface area contributed by atoms with E-state index in [1.54, 1.807) is 12.1 Å². The zero-order valence-corrected chi connectivity index (χ0v) is 18.0. The van der Waals surface area contributed by atoms with E-state index < -0.39 is 49.4 Å². The number of anilines is 1. The summed E-state index contributed by atoms with van der Waals surface area (Å²) in [5.41, 5.74) is 1.57. The van der Waals surface area contributed by atoms with Crippen LogP contribution in [0, 0.1) is 5.82 Å². The molecule has 0 fully saturated rings. The van der Waals surface area contributed by atoms with E-state index in [0.29, 0.717) is 16.8 Å². The smallest absolute Gasteiger partial charge is 0.416 e. The molecule has 0 aliphatic heterocycles. The van der Waals surface area contributed by atoms with Gasteiger partial charge in [-0.15, -0.1) is 0 Å². The molecule has 2 aromatic carbocycles. The predicted octanol–water partition coefficient (Wildman–Crippen LogP) is 2.63. The monoisotopic (exact) mass is 502 g/mol. The maximum Gasteiger partial charge on any atom is 0.416 e. The highest BCUT2D eigenvalue weighted by molar-refractivity contribution is 5.92.